The molecule has 10 nitrogen and oxygen atoms in total. The lowest BCUT2D eigenvalue weighted by Crippen LogP contribution is -2.38. The predicted molar refractivity (Wildman–Crippen MR) is 125 cm³/mol. The normalized spacial score (nSPS) is 17.6. The fourth-order valence-electron chi connectivity index (χ4n) is 3.89. The van der Waals surface area contributed by atoms with E-state index in [0.29, 0.717) is 37.2 Å². The number of nitrogens with zero attached hydrogens (tertiary/aromatic N) is 5. The van der Waals surface area contributed by atoms with Crippen LogP contribution in [0.1, 0.15) is 5.69 Å². The standard InChI is InChI=1S/C23H28N6O4/c1-2-4-21-19(3-1)20(27-33-21)17-24-26-22-15-18(29-8-12-31-13-9-29)16-23(25-22)32-14-7-28-5-10-30-11-6-28/h1-4,15-17H,5-14H2,(H,25,26). The third-order valence-electron chi connectivity index (χ3n) is 5.70. The number of nitrogens with one attached hydrogen (secondary N) is 1. The predicted octanol–water partition coefficient (Wildman–Crippen LogP) is 2.22. The van der Waals surface area contributed by atoms with Crippen LogP contribution in [0.25, 0.3) is 11.0 Å². The van der Waals surface area contributed by atoms with Gasteiger partial charge < -0.3 is 23.6 Å². The van der Waals surface area contributed by atoms with Gasteiger partial charge in [0, 0.05) is 50.5 Å². The minimum Gasteiger partial charge on any atom is -0.476 e. The molecule has 4 heterocycles. The monoisotopic (exact) mass is 452 g/mol. The summed E-state index contributed by atoms with van der Waals surface area (Å²) in [6.07, 6.45) is 1.63. The highest BCUT2D eigenvalue weighted by atomic mass is 16.5. The molecule has 1 N–H and O–H groups in total. The highest BCUT2D eigenvalue weighted by Gasteiger charge is 2.15. The molecule has 0 aliphatic carbocycles. The maximum absolute atomic E-state index is 6.02. The lowest BCUT2D eigenvalue weighted by molar-refractivity contribution is 0.0320. The van der Waals surface area contributed by atoms with Crippen LogP contribution in [0, 0.1) is 0 Å². The molecule has 2 aliphatic rings. The number of aromatic nitrogens is 2. The first-order valence-corrected chi connectivity index (χ1v) is 11.3. The number of ether oxygens (including phenoxy) is 3. The molecule has 5 rings (SSSR count). The van der Waals surface area contributed by atoms with Gasteiger partial charge in [-0.05, 0) is 12.1 Å². The number of morpholine rings is 2. The Kier molecular flexibility index (Phi) is 6.95. The Morgan fingerprint density at radius 2 is 1.82 bits per heavy atom. The summed E-state index contributed by atoms with van der Waals surface area (Å²) in [5.74, 6) is 1.17. The van der Waals surface area contributed by atoms with Crippen LogP contribution in [0.3, 0.4) is 0 Å². The fraction of sp³-hybridized carbons (Fsp3) is 0.435. The Morgan fingerprint density at radius 1 is 1.03 bits per heavy atom. The molecule has 2 saturated heterocycles. The van der Waals surface area contributed by atoms with Gasteiger partial charge in [-0.2, -0.15) is 10.1 Å². The largest absolute Gasteiger partial charge is 0.476 e. The minimum absolute atomic E-state index is 0.563. The topological polar surface area (TPSA) is 97.5 Å². The van der Waals surface area contributed by atoms with Crippen molar-refractivity contribution >= 4 is 28.7 Å². The number of pyridine rings is 1. The van der Waals surface area contributed by atoms with Gasteiger partial charge in [0.2, 0.25) is 5.88 Å². The molecule has 0 bridgehead atoms. The first-order valence-electron chi connectivity index (χ1n) is 11.3. The molecule has 0 radical (unpaired) electrons. The molecule has 0 amide bonds. The zero-order chi connectivity index (χ0) is 22.3. The van der Waals surface area contributed by atoms with Crippen LogP contribution in [0.2, 0.25) is 0 Å². The maximum Gasteiger partial charge on any atom is 0.217 e. The second kappa shape index (κ2) is 10.6. The molecule has 33 heavy (non-hydrogen) atoms. The van der Waals surface area contributed by atoms with Crippen LogP contribution >= 0.6 is 0 Å². The summed E-state index contributed by atoms with van der Waals surface area (Å²) in [5.41, 5.74) is 5.43. The number of para-hydroxylation sites is 1. The molecule has 0 unspecified atom stereocenters. The van der Waals surface area contributed by atoms with E-state index >= 15 is 0 Å². The maximum atomic E-state index is 6.02. The summed E-state index contributed by atoms with van der Waals surface area (Å²) in [4.78, 5) is 9.20. The van der Waals surface area contributed by atoms with E-state index < -0.39 is 0 Å². The average molecular weight is 453 g/mol. The summed E-state index contributed by atoms with van der Waals surface area (Å²) < 4.78 is 22.3. The van der Waals surface area contributed by atoms with Crippen LogP contribution in [0.4, 0.5) is 11.5 Å². The molecule has 0 spiro atoms. The average Bonchev–Trinajstić information content (AvgIpc) is 3.28. The lowest BCUT2D eigenvalue weighted by Gasteiger charge is -2.29. The Balaban J connectivity index is 1.28. The molecule has 0 saturated carbocycles. The SMILES string of the molecule is C(=NNc1cc(N2CCOCC2)cc(OCCN2CCOCC2)n1)c1noc2ccccc12. The van der Waals surface area contributed by atoms with E-state index in [2.05, 4.69) is 30.5 Å². The molecule has 2 fully saturated rings. The van der Waals surface area contributed by atoms with E-state index in [0.717, 1.165) is 62.6 Å². The van der Waals surface area contributed by atoms with Crippen LogP contribution in [0.5, 0.6) is 5.88 Å². The smallest absolute Gasteiger partial charge is 0.217 e. The minimum atomic E-state index is 0.563. The van der Waals surface area contributed by atoms with Crippen molar-refractivity contribution in [2.75, 3.05) is 76.1 Å². The van der Waals surface area contributed by atoms with Gasteiger partial charge in [-0.1, -0.05) is 17.3 Å². The number of benzene rings is 1. The highest BCUT2D eigenvalue weighted by Crippen LogP contribution is 2.25. The van der Waals surface area contributed by atoms with Crippen molar-refractivity contribution < 1.29 is 18.7 Å². The van der Waals surface area contributed by atoms with Gasteiger partial charge in [0.05, 0.1) is 38.0 Å². The van der Waals surface area contributed by atoms with E-state index in [-0.39, 0.29) is 0 Å². The van der Waals surface area contributed by atoms with E-state index in [1.807, 2.05) is 36.4 Å². The van der Waals surface area contributed by atoms with Crippen molar-refractivity contribution in [1.29, 1.82) is 0 Å². The summed E-state index contributed by atoms with van der Waals surface area (Å²) in [6.45, 7) is 7.88. The van der Waals surface area contributed by atoms with Crippen LogP contribution in [-0.2, 0) is 9.47 Å². The van der Waals surface area contributed by atoms with Gasteiger partial charge in [-0.3, -0.25) is 10.3 Å². The van der Waals surface area contributed by atoms with Crippen LogP contribution in [0.15, 0.2) is 46.0 Å². The first kappa shape index (κ1) is 21.6. The van der Waals surface area contributed by atoms with Gasteiger partial charge >= 0.3 is 0 Å². The van der Waals surface area contributed by atoms with E-state index in [1.54, 1.807) is 6.21 Å². The van der Waals surface area contributed by atoms with Gasteiger partial charge in [-0.15, -0.1) is 0 Å². The van der Waals surface area contributed by atoms with Gasteiger partial charge in [0.15, 0.2) is 11.4 Å². The van der Waals surface area contributed by atoms with Gasteiger partial charge in [0.1, 0.15) is 12.3 Å². The lowest BCUT2D eigenvalue weighted by atomic mass is 10.2. The zero-order valence-electron chi connectivity index (χ0n) is 18.5. The molecule has 174 valence electrons. The van der Waals surface area contributed by atoms with Crippen molar-refractivity contribution in [1.82, 2.24) is 15.0 Å². The second-order valence-electron chi connectivity index (χ2n) is 7.88. The number of hydrogen-bond donors (Lipinski definition) is 1. The molecular formula is C23H28N6O4. The van der Waals surface area contributed by atoms with Crippen molar-refractivity contribution in [2.24, 2.45) is 5.10 Å². The van der Waals surface area contributed by atoms with Gasteiger partial charge in [0.25, 0.3) is 0 Å². The third-order valence-corrected chi connectivity index (χ3v) is 5.70. The zero-order valence-corrected chi connectivity index (χ0v) is 18.5. The molecule has 10 heteroatoms. The van der Waals surface area contributed by atoms with Crippen molar-refractivity contribution in [2.45, 2.75) is 0 Å². The summed E-state index contributed by atoms with van der Waals surface area (Å²) in [6, 6.07) is 11.6. The summed E-state index contributed by atoms with van der Waals surface area (Å²) >= 11 is 0. The number of anilines is 2. The van der Waals surface area contributed by atoms with Crippen molar-refractivity contribution in [3.63, 3.8) is 0 Å². The number of hydrazone groups is 1. The summed E-state index contributed by atoms with van der Waals surface area (Å²) in [5, 5.41) is 9.32. The van der Waals surface area contributed by atoms with Gasteiger partial charge in [-0.25, -0.2) is 0 Å². The number of rotatable bonds is 8. The molecule has 2 aromatic heterocycles. The van der Waals surface area contributed by atoms with Crippen molar-refractivity contribution in [3.8, 4) is 5.88 Å². The van der Waals surface area contributed by atoms with Crippen LogP contribution < -0.4 is 15.1 Å². The quantitative estimate of drug-likeness (QED) is 0.407. The first-order chi connectivity index (χ1) is 16.3. The Morgan fingerprint density at radius 3 is 2.67 bits per heavy atom. The third kappa shape index (κ3) is 5.59. The second-order valence-corrected chi connectivity index (χ2v) is 7.88. The van der Waals surface area contributed by atoms with Crippen molar-refractivity contribution in [3.05, 3.63) is 42.1 Å². The number of fused-ring (bicyclic) bond motifs is 1. The molecule has 2 aliphatic heterocycles. The molecule has 1 aromatic carbocycles. The van der Waals surface area contributed by atoms with E-state index in [1.165, 1.54) is 0 Å². The van der Waals surface area contributed by atoms with E-state index in [4.69, 9.17) is 18.7 Å². The molecular weight excluding hydrogens is 424 g/mol. The Bertz CT molecular complexity index is 1080. The Hall–Kier alpha value is -3.21. The van der Waals surface area contributed by atoms with Crippen LogP contribution in [-0.4, -0.2) is 87.0 Å². The molecule has 0 atom stereocenters. The Labute approximate surface area is 192 Å². The fourth-order valence-corrected chi connectivity index (χ4v) is 3.89. The highest BCUT2D eigenvalue weighted by molar-refractivity contribution is 5.95. The van der Waals surface area contributed by atoms with E-state index in [9.17, 15) is 0 Å². The molecule has 3 aromatic rings. The number of hydrogen-bond acceptors (Lipinski definition) is 10. The summed E-state index contributed by atoms with van der Waals surface area (Å²) in [7, 11) is 0.